The standard InChI is InChI=1S/C5H11NO2S.H3N.H2S/c1-9-3-2-4(6)5(7)8;;/h4H,2-3,6H2,1H3,(H,7,8);1H3;1H2/t4-;;/m0../s1. The van der Waals surface area contributed by atoms with Crippen LogP contribution in [0.3, 0.4) is 0 Å². The molecule has 6 N–H and O–H groups in total. The second-order valence-corrected chi connectivity index (χ2v) is 2.71. The second-order valence-electron chi connectivity index (χ2n) is 1.73. The quantitative estimate of drug-likeness (QED) is 0.611. The molecule has 0 aromatic rings. The molecule has 0 amide bonds. The van der Waals surface area contributed by atoms with Gasteiger partial charge in [-0.15, -0.1) is 0 Å². The molecule has 0 saturated heterocycles. The third-order valence-corrected chi connectivity index (χ3v) is 1.59. The normalized spacial score (nSPS) is 10.7. The van der Waals surface area contributed by atoms with Gasteiger partial charge in [-0.1, -0.05) is 0 Å². The van der Waals surface area contributed by atoms with Crippen molar-refractivity contribution in [2.24, 2.45) is 5.73 Å². The van der Waals surface area contributed by atoms with Crippen LogP contribution in [0.15, 0.2) is 0 Å². The average Bonchev–Trinajstić information content (AvgIpc) is 1.82. The fraction of sp³-hybridized carbons (Fsp3) is 0.800. The predicted octanol–water partition coefficient (Wildman–Crippen LogP) is 0.426. The molecular weight excluding hydrogens is 184 g/mol. The molecule has 0 aromatic heterocycles. The number of hydrogen-bond donors (Lipinski definition) is 3. The van der Waals surface area contributed by atoms with Gasteiger partial charge in [-0.25, -0.2) is 0 Å². The van der Waals surface area contributed by atoms with E-state index >= 15 is 0 Å². The van der Waals surface area contributed by atoms with E-state index in [4.69, 9.17) is 10.8 Å². The lowest BCUT2D eigenvalue weighted by atomic mass is 10.2. The maximum Gasteiger partial charge on any atom is 0.320 e. The summed E-state index contributed by atoms with van der Waals surface area (Å²) in [6.45, 7) is 0. The second kappa shape index (κ2) is 10.1. The summed E-state index contributed by atoms with van der Waals surface area (Å²) in [5, 5.41) is 8.27. The summed E-state index contributed by atoms with van der Waals surface area (Å²) < 4.78 is 0. The van der Waals surface area contributed by atoms with Gasteiger partial charge in [0.1, 0.15) is 6.04 Å². The molecule has 11 heavy (non-hydrogen) atoms. The lowest BCUT2D eigenvalue weighted by molar-refractivity contribution is -0.138. The average molecular weight is 200 g/mol. The Bertz CT molecular complexity index is 102. The third kappa shape index (κ3) is 10.1. The minimum atomic E-state index is -0.913. The molecule has 0 radical (unpaired) electrons. The Morgan fingerprint density at radius 1 is 1.73 bits per heavy atom. The number of hydrogen-bond acceptors (Lipinski definition) is 4. The van der Waals surface area contributed by atoms with Crippen LogP contribution in [0.5, 0.6) is 0 Å². The van der Waals surface area contributed by atoms with Crippen LogP contribution >= 0.6 is 25.3 Å². The lowest BCUT2D eigenvalue weighted by Crippen LogP contribution is -2.30. The highest BCUT2D eigenvalue weighted by molar-refractivity contribution is 7.98. The SMILES string of the molecule is CSCC[C@H](N)C(=O)O.N.S. The molecule has 0 aliphatic carbocycles. The lowest BCUT2D eigenvalue weighted by Gasteiger charge is -2.02. The molecule has 0 unspecified atom stereocenters. The van der Waals surface area contributed by atoms with Gasteiger partial charge in [0.25, 0.3) is 0 Å². The molecule has 0 heterocycles. The first-order chi connectivity index (χ1) is 4.18. The van der Waals surface area contributed by atoms with E-state index in [1.807, 2.05) is 6.26 Å². The molecule has 6 heteroatoms. The Balaban J connectivity index is -0.000000320. The Morgan fingerprint density at radius 2 is 2.18 bits per heavy atom. The van der Waals surface area contributed by atoms with Gasteiger partial charge in [-0.3, -0.25) is 4.79 Å². The van der Waals surface area contributed by atoms with Crippen molar-refractivity contribution in [3.8, 4) is 0 Å². The summed E-state index contributed by atoms with van der Waals surface area (Å²) in [5.41, 5.74) is 5.19. The maximum absolute atomic E-state index is 10.1. The molecule has 1 atom stereocenters. The molecule has 4 nitrogen and oxygen atoms in total. The van der Waals surface area contributed by atoms with E-state index in [0.29, 0.717) is 6.42 Å². The van der Waals surface area contributed by atoms with Crippen LogP contribution < -0.4 is 11.9 Å². The van der Waals surface area contributed by atoms with Crippen LogP contribution in [-0.2, 0) is 4.79 Å². The topological polar surface area (TPSA) is 98.3 Å². The van der Waals surface area contributed by atoms with Crippen LogP contribution in [-0.4, -0.2) is 29.1 Å². The summed E-state index contributed by atoms with van der Waals surface area (Å²) in [6.07, 6.45) is 2.48. The van der Waals surface area contributed by atoms with E-state index in [-0.39, 0.29) is 19.6 Å². The number of carboxylic acid groups (broad SMARTS) is 1. The van der Waals surface area contributed by atoms with Gasteiger partial charge in [-0.05, 0) is 18.4 Å². The Kier molecular flexibility index (Phi) is 15.8. The van der Waals surface area contributed by atoms with Crippen LogP contribution in [0.2, 0.25) is 0 Å². The zero-order chi connectivity index (χ0) is 7.28. The van der Waals surface area contributed by atoms with Gasteiger partial charge < -0.3 is 17.0 Å². The van der Waals surface area contributed by atoms with Crippen molar-refractivity contribution < 1.29 is 9.90 Å². The fourth-order valence-electron chi connectivity index (χ4n) is 0.368. The van der Waals surface area contributed by atoms with E-state index in [9.17, 15) is 4.79 Å². The Morgan fingerprint density at radius 3 is 2.45 bits per heavy atom. The number of carboxylic acids is 1. The minimum Gasteiger partial charge on any atom is -0.480 e. The molecule has 0 bridgehead atoms. The molecule has 0 spiro atoms. The smallest absolute Gasteiger partial charge is 0.320 e. The van der Waals surface area contributed by atoms with Crippen molar-refractivity contribution in [3.63, 3.8) is 0 Å². The minimum absolute atomic E-state index is 0. The van der Waals surface area contributed by atoms with Gasteiger partial charge in [-0.2, -0.15) is 25.3 Å². The molecule has 0 rings (SSSR count). The van der Waals surface area contributed by atoms with Gasteiger partial charge in [0, 0.05) is 0 Å². The van der Waals surface area contributed by atoms with Gasteiger partial charge in [0.15, 0.2) is 0 Å². The van der Waals surface area contributed by atoms with Crippen molar-refractivity contribution in [2.45, 2.75) is 12.5 Å². The molecule has 70 valence electrons. The van der Waals surface area contributed by atoms with E-state index in [2.05, 4.69) is 0 Å². The molecule has 0 fully saturated rings. The van der Waals surface area contributed by atoms with Crippen LogP contribution in [0.4, 0.5) is 0 Å². The maximum atomic E-state index is 10.1. The fourth-order valence-corrected chi connectivity index (χ4v) is 0.858. The third-order valence-electron chi connectivity index (χ3n) is 0.950. The first-order valence-electron chi connectivity index (χ1n) is 2.65. The summed E-state index contributed by atoms with van der Waals surface area (Å²) in [4.78, 5) is 10.1. The van der Waals surface area contributed by atoms with E-state index in [1.165, 1.54) is 0 Å². The Labute approximate surface area is 77.9 Å². The van der Waals surface area contributed by atoms with E-state index in [0.717, 1.165) is 5.75 Å². The van der Waals surface area contributed by atoms with Gasteiger partial charge in [0.05, 0.1) is 0 Å². The molecular formula is C5H16N2O2S2. The summed E-state index contributed by atoms with van der Waals surface area (Å²) in [7, 11) is 0. The highest BCUT2D eigenvalue weighted by atomic mass is 32.2. The summed E-state index contributed by atoms with van der Waals surface area (Å²) in [6, 6.07) is -0.683. The van der Waals surface area contributed by atoms with Crippen LogP contribution in [0.1, 0.15) is 6.42 Å². The van der Waals surface area contributed by atoms with Crippen molar-refractivity contribution in [3.05, 3.63) is 0 Å². The number of thioether (sulfide) groups is 1. The molecule has 0 aliphatic rings. The summed E-state index contributed by atoms with van der Waals surface area (Å²) >= 11 is 1.60. The van der Waals surface area contributed by atoms with Gasteiger partial charge in [0.2, 0.25) is 0 Å². The molecule has 0 aromatic carbocycles. The van der Waals surface area contributed by atoms with Crippen LogP contribution in [0.25, 0.3) is 0 Å². The number of carbonyl (C=O) groups is 1. The van der Waals surface area contributed by atoms with Crippen molar-refractivity contribution in [1.29, 1.82) is 0 Å². The van der Waals surface area contributed by atoms with E-state index < -0.39 is 12.0 Å². The molecule has 0 saturated carbocycles. The van der Waals surface area contributed by atoms with E-state index in [1.54, 1.807) is 11.8 Å². The summed E-state index contributed by atoms with van der Waals surface area (Å²) in [5.74, 6) is -0.1000. The predicted molar refractivity (Wildman–Crippen MR) is 54.0 cm³/mol. The zero-order valence-electron chi connectivity index (χ0n) is 6.54. The van der Waals surface area contributed by atoms with Crippen LogP contribution in [0, 0.1) is 0 Å². The highest BCUT2D eigenvalue weighted by Gasteiger charge is 2.08. The monoisotopic (exact) mass is 200 g/mol. The largest absolute Gasteiger partial charge is 0.480 e. The first kappa shape index (κ1) is 17.3. The van der Waals surface area contributed by atoms with Gasteiger partial charge >= 0.3 is 5.97 Å². The van der Waals surface area contributed by atoms with Crippen molar-refractivity contribution >= 4 is 31.2 Å². The number of rotatable bonds is 4. The van der Waals surface area contributed by atoms with Crippen molar-refractivity contribution in [1.82, 2.24) is 6.15 Å². The number of aliphatic carboxylic acids is 1. The Hall–Kier alpha value is 0.0900. The van der Waals surface area contributed by atoms with Crippen molar-refractivity contribution in [2.75, 3.05) is 12.0 Å². The number of nitrogens with two attached hydrogens (primary N) is 1. The molecule has 0 aliphatic heterocycles. The highest BCUT2D eigenvalue weighted by Crippen LogP contribution is 1.97. The first-order valence-corrected chi connectivity index (χ1v) is 4.05. The zero-order valence-corrected chi connectivity index (χ0v) is 8.36.